The number of aliphatic hydroxyl groups excluding tert-OH is 1. The molecule has 0 saturated heterocycles. The van der Waals surface area contributed by atoms with Crippen LogP contribution in [-0.2, 0) is 6.54 Å². The first kappa shape index (κ1) is 16.2. The van der Waals surface area contributed by atoms with Gasteiger partial charge in [-0.1, -0.05) is 19.8 Å². The van der Waals surface area contributed by atoms with Crippen molar-refractivity contribution >= 4 is 0 Å². The molecule has 2 N–H and O–H groups in total. The van der Waals surface area contributed by atoms with Crippen LogP contribution in [-0.4, -0.2) is 28.8 Å². The minimum Gasteiger partial charge on any atom is -0.486 e. The largest absolute Gasteiger partial charge is 0.486 e. The van der Waals surface area contributed by atoms with Gasteiger partial charge in [0.2, 0.25) is 0 Å². The van der Waals surface area contributed by atoms with Gasteiger partial charge >= 0.3 is 0 Å². The average molecular weight is 292 g/mol. The summed E-state index contributed by atoms with van der Waals surface area (Å²) >= 11 is 0. The average Bonchev–Trinajstić information content (AvgIpc) is 2.67. The van der Waals surface area contributed by atoms with Crippen LogP contribution < -0.4 is 10.1 Å². The summed E-state index contributed by atoms with van der Waals surface area (Å²) in [6.07, 6.45) is 5.83. The molecule has 1 aliphatic rings. The van der Waals surface area contributed by atoms with Gasteiger partial charge in [-0.3, -0.25) is 4.98 Å². The van der Waals surface area contributed by atoms with Gasteiger partial charge < -0.3 is 15.2 Å². The predicted molar refractivity (Wildman–Crippen MR) is 84.5 cm³/mol. The Labute approximate surface area is 127 Å². The molecule has 0 aromatic carbocycles. The van der Waals surface area contributed by atoms with E-state index in [-0.39, 0.29) is 12.2 Å². The highest BCUT2D eigenvalue weighted by Gasteiger charge is 2.24. The number of hydrogen-bond acceptors (Lipinski definition) is 4. The number of ether oxygens (including phenoxy) is 1. The number of rotatable bonds is 6. The van der Waals surface area contributed by atoms with Crippen molar-refractivity contribution in [3.63, 3.8) is 0 Å². The summed E-state index contributed by atoms with van der Waals surface area (Å²) < 4.78 is 6.11. The van der Waals surface area contributed by atoms with Crippen molar-refractivity contribution in [1.29, 1.82) is 0 Å². The van der Waals surface area contributed by atoms with Crippen molar-refractivity contribution < 1.29 is 9.84 Å². The normalized spacial score (nSPS) is 22.8. The fourth-order valence-electron chi connectivity index (χ4n) is 2.77. The van der Waals surface area contributed by atoms with E-state index in [1.165, 1.54) is 6.42 Å². The van der Waals surface area contributed by atoms with E-state index in [9.17, 15) is 5.11 Å². The van der Waals surface area contributed by atoms with Crippen molar-refractivity contribution in [3.8, 4) is 5.75 Å². The number of aryl methyl sites for hydroxylation is 1. The molecular formula is C17H28N2O2. The Bertz CT molecular complexity index is 437. The SMILES string of the molecule is CCCNCc1nc(C)ccc1OC1CCCCCC1O. The molecule has 1 aliphatic carbocycles. The maximum absolute atomic E-state index is 10.2. The van der Waals surface area contributed by atoms with Gasteiger partial charge in [0.15, 0.2) is 0 Å². The van der Waals surface area contributed by atoms with Crippen LogP contribution in [0.3, 0.4) is 0 Å². The molecule has 118 valence electrons. The van der Waals surface area contributed by atoms with Crippen LogP contribution in [0.4, 0.5) is 0 Å². The van der Waals surface area contributed by atoms with Crippen LogP contribution in [0.25, 0.3) is 0 Å². The van der Waals surface area contributed by atoms with Crippen molar-refractivity contribution in [2.75, 3.05) is 6.54 Å². The zero-order valence-electron chi connectivity index (χ0n) is 13.3. The summed E-state index contributed by atoms with van der Waals surface area (Å²) in [4.78, 5) is 4.59. The molecule has 0 radical (unpaired) electrons. The molecule has 0 bridgehead atoms. The van der Waals surface area contributed by atoms with Crippen LogP contribution in [0.5, 0.6) is 5.75 Å². The highest BCUT2D eigenvalue weighted by atomic mass is 16.5. The van der Waals surface area contributed by atoms with E-state index in [0.29, 0.717) is 6.54 Å². The molecule has 2 rings (SSSR count). The Balaban J connectivity index is 2.06. The molecule has 1 fully saturated rings. The Morgan fingerprint density at radius 2 is 2.10 bits per heavy atom. The summed E-state index contributed by atoms with van der Waals surface area (Å²) in [5.74, 6) is 0.815. The molecule has 0 amide bonds. The van der Waals surface area contributed by atoms with E-state index in [0.717, 1.165) is 55.8 Å². The lowest BCUT2D eigenvalue weighted by atomic mass is 10.1. The molecule has 2 unspecified atom stereocenters. The van der Waals surface area contributed by atoms with Gasteiger partial charge in [-0.05, 0) is 51.3 Å². The van der Waals surface area contributed by atoms with Gasteiger partial charge in [0.05, 0.1) is 11.8 Å². The molecule has 1 saturated carbocycles. The number of nitrogens with one attached hydrogen (secondary N) is 1. The van der Waals surface area contributed by atoms with Crippen LogP contribution in [0.15, 0.2) is 12.1 Å². The minimum atomic E-state index is -0.356. The second kappa shape index (κ2) is 8.35. The first-order valence-corrected chi connectivity index (χ1v) is 8.22. The Morgan fingerprint density at radius 3 is 2.90 bits per heavy atom. The second-order valence-corrected chi connectivity index (χ2v) is 5.94. The predicted octanol–water partition coefficient (Wildman–Crippen LogP) is 2.96. The summed E-state index contributed by atoms with van der Waals surface area (Å²) in [7, 11) is 0. The van der Waals surface area contributed by atoms with E-state index >= 15 is 0 Å². The first-order chi connectivity index (χ1) is 10.2. The van der Waals surface area contributed by atoms with Crippen molar-refractivity contribution in [3.05, 3.63) is 23.5 Å². The third-order valence-electron chi connectivity index (χ3n) is 3.99. The molecule has 2 atom stereocenters. The lowest BCUT2D eigenvalue weighted by Crippen LogP contribution is -2.31. The molecule has 0 spiro atoms. The molecule has 4 nitrogen and oxygen atoms in total. The van der Waals surface area contributed by atoms with E-state index in [1.54, 1.807) is 0 Å². The maximum Gasteiger partial charge on any atom is 0.142 e. The zero-order valence-corrected chi connectivity index (χ0v) is 13.3. The van der Waals surface area contributed by atoms with Gasteiger partial charge in [-0.15, -0.1) is 0 Å². The fourth-order valence-corrected chi connectivity index (χ4v) is 2.77. The van der Waals surface area contributed by atoms with Crippen molar-refractivity contribution in [2.24, 2.45) is 0 Å². The highest BCUT2D eigenvalue weighted by Crippen LogP contribution is 2.25. The van der Waals surface area contributed by atoms with Crippen LogP contribution in [0, 0.1) is 6.92 Å². The Morgan fingerprint density at radius 1 is 1.29 bits per heavy atom. The summed E-state index contributed by atoms with van der Waals surface area (Å²) in [5, 5.41) is 13.6. The molecular weight excluding hydrogens is 264 g/mol. The fraction of sp³-hybridized carbons (Fsp3) is 0.706. The molecule has 4 heteroatoms. The third-order valence-corrected chi connectivity index (χ3v) is 3.99. The minimum absolute atomic E-state index is 0.0954. The van der Waals surface area contributed by atoms with Crippen LogP contribution in [0.2, 0.25) is 0 Å². The smallest absolute Gasteiger partial charge is 0.142 e. The van der Waals surface area contributed by atoms with E-state index in [4.69, 9.17) is 4.74 Å². The monoisotopic (exact) mass is 292 g/mol. The van der Waals surface area contributed by atoms with E-state index < -0.39 is 0 Å². The number of aromatic nitrogens is 1. The molecule has 1 aromatic rings. The van der Waals surface area contributed by atoms with Gasteiger partial charge in [0.1, 0.15) is 11.9 Å². The lowest BCUT2D eigenvalue weighted by Gasteiger charge is -2.23. The van der Waals surface area contributed by atoms with Crippen LogP contribution >= 0.6 is 0 Å². The van der Waals surface area contributed by atoms with Crippen molar-refractivity contribution in [2.45, 2.75) is 71.1 Å². The van der Waals surface area contributed by atoms with Gasteiger partial charge in [0.25, 0.3) is 0 Å². The topological polar surface area (TPSA) is 54.4 Å². The molecule has 1 heterocycles. The standard InChI is InChI=1S/C17H28N2O2/c1-3-11-18-12-14-16(10-9-13(2)19-14)21-17-8-6-4-5-7-15(17)20/h9-10,15,17-18,20H,3-8,11-12H2,1-2H3. The van der Waals surface area contributed by atoms with Gasteiger partial charge in [-0.2, -0.15) is 0 Å². The summed E-state index contributed by atoms with van der Waals surface area (Å²) in [6.45, 7) is 5.83. The second-order valence-electron chi connectivity index (χ2n) is 5.94. The van der Waals surface area contributed by atoms with Gasteiger partial charge in [0, 0.05) is 12.2 Å². The summed E-state index contributed by atoms with van der Waals surface area (Å²) in [5.41, 5.74) is 1.94. The Kier molecular flexibility index (Phi) is 6.46. The van der Waals surface area contributed by atoms with E-state index in [1.807, 2.05) is 19.1 Å². The maximum atomic E-state index is 10.2. The number of nitrogens with zero attached hydrogens (tertiary/aromatic N) is 1. The van der Waals surface area contributed by atoms with Gasteiger partial charge in [-0.25, -0.2) is 0 Å². The number of aliphatic hydroxyl groups is 1. The zero-order chi connectivity index (χ0) is 15.1. The number of pyridine rings is 1. The third kappa shape index (κ3) is 4.97. The highest BCUT2D eigenvalue weighted by molar-refractivity contribution is 5.29. The lowest BCUT2D eigenvalue weighted by molar-refractivity contribution is 0.0311. The first-order valence-electron chi connectivity index (χ1n) is 8.22. The molecule has 1 aromatic heterocycles. The molecule has 0 aliphatic heterocycles. The van der Waals surface area contributed by atoms with Crippen LogP contribution in [0.1, 0.15) is 56.8 Å². The number of hydrogen-bond donors (Lipinski definition) is 2. The quantitative estimate of drug-likeness (QED) is 0.625. The van der Waals surface area contributed by atoms with Crippen molar-refractivity contribution in [1.82, 2.24) is 10.3 Å². The van der Waals surface area contributed by atoms with E-state index in [2.05, 4.69) is 17.2 Å². The Hall–Kier alpha value is -1.13. The molecule has 21 heavy (non-hydrogen) atoms. The summed E-state index contributed by atoms with van der Waals surface area (Å²) in [6, 6.07) is 3.96.